The number of halogens is 8. The van der Waals surface area contributed by atoms with Crippen LogP contribution in [-0.2, 0) is 40.9 Å². The fourth-order valence-corrected chi connectivity index (χ4v) is 4.71. The van der Waals surface area contributed by atoms with Crippen LogP contribution in [-0.4, -0.2) is 56.5 Å². The van der Waals surface area contributed by atoms with Crippen molar-refractivity contribution >= 4 is 17.9 Å². The fraction of sp³-hybridized carbons (Fsp3) is 0.531. The van der Waals surface area contributed by atoms with Gasteiger partial charge in [-0.05, 0) is 63.5 Å². The first-order valence-corrected chi connectivity index (χ1v) is 14.9. The second-order valence-electron chi connectivity index (χ2n) is 10.5. The maximum Gasteiger partial charge on any atom is 0.420 e. The summed E-state index contributed by atoms with van der Waals surface area (Å²) in [6.45, 7) is 6.20. The first-order valence-electron chi connectivity index (χ1n) is 14.9. The van der Waals surface area contributed by atoms with Gasteiger partial charge in [0.25, 0.3) is 0 Å². The van der Waals surface area contributed by atoms with Crippen LogP contribution in [0.25, 0.3) is 0 Å². The van der Waals surface area contributed by atoms with E-state index in [9.17, 15) is 40.7 Å². The highest BCUT2D eigenvalue weighted by Gasteiger charge is 2.51. The van der Waals surface area contributed by atoms with Gasteiger partial charge in [-0.1, -0.05) is 25.3 Å². The zero-order valence-electron chi connectivity index (χ0n) is 25.8. The van der Waals surface area contributed by atoms with Crippen LogP contribution in [0, 0.1) is 5.92 Å². The molecule has 0 aliphatic heterocycles. The number of esters is 3. The number of hydrogen-bond donors (Lipinski definition) is 0. The van der Waals surface area contributed by atoms with Crippen molar-refractivity contribution in [2.24, 2.45) is 5.92 Å². The summed E-state index contributed by atoms with van der Waals surface area (Å²) >= 11 is 0. The monoisotopic (exact) mass is 700 g/mol. The van der Waals surface area contributed by atoms with Crippen molar-refractivity contribution in [1.29, 1.82) is 0 Å². The lowest BCUT2D eigenvalue weighted by Crippen LogP contribution is -2.39. The molecule has 1 fully saturated rings. The zero-order chi connectivity index (χ0) is 36.0. The Morgan fingerprint density at radius 1 is 0.708 bits per heavy atom. The van der Waals surface area contributed by atoms with Crippen molar-refractivity contribution in [2.45, 2.75) is 75.9 Å². The highest BCUT2D eigenvalue weighted by molar-refractivity contribution is 5.92. The molecule has 48 heavy (non-hydrogen) atoms. The third kappa shape index (κ3) is 12.9. The van der Waals surface area contributed by atoms with Crippen molar-refractivity contribution < 1.29 is 73.2 Å². The molecule has 0 heterocycles. The largest absolute Gasteiger partial charge is 0.463 e. The topological polar surface area (TPSA) is 97.4 Å². The van der Waals surface area contributed by atoms with Crippen LogP contribution in [0.3, 0.4) is 0 Å². The van der Waals surface area contributed by atoms with E-state index in [1.165, 1.54) is 0 Å². The SMILES string of the molecule is C=CC(=O)OCCC=CCCOC1CCC(C(F)(F)Oc2ccc(C(=O)OCCCCOC(=O)C=C)c(C(F)(F)F)c2C(F)(F)F)CC1. The fourth-order valence-electron chi connectivity index (χ4n) is 4.71. The number of ether oxygens (including phenoxy) is 5. The molecule has 1 aliphatic carbocycles. The predicted octanol–water partition coefficient (Wildman–Crippen LogP) is 8.00. The number of benzene rings is 1. The second kappa shape index (κ2) is 18.6. The molecule has 0 saturated heterocycles. The van der Waals surface area contributed by atoms with Crippen LogP contribution in [0.4, 0.5) is 35.1 Å². The molecular weight excluding hydrogens is 664 g/mol. The lowest BCUT2D eigenvalue weighted by atomic mass is 9.86. The van der Waals surface area contributed by atoms with Crippen LogP contribution in [0.15, 0.2) is 49.6 Å². The third-order valence-corrected chi connectivity index (χ3v) is 7.03. The second-order valence-corrected chi connectivity index (χ2v) is 10.5. The summed E-state index contributed by atoms with van der Waals surface area (Å²) in [6.07, 6.45) is -10.1. The van der Waals surface area contributed by atoms with Crippen LogP contribution in [0.2, 0.25) is 0 Å². The van der Waals surface area contributed by atoms with Gasteiger partial charge in [-0.3, -0.25) is 0 Å². The summed E-state index contributed by atoms with van der Waals surface area (Å²) < 4.78 is 139. The molecule has 0 unspecified atom stereocenters. The van der Waals surface area contributed by atoms with Crippen LogP contribution >= 0.6 is 0 Å². The molecule has 268 valence electrons. The molecule has 16 heteroatoms. The van der Waals surface area contributed by atoms with Gasteiger partial charge >= 0.3 is 36.4 Å². The summed E-state index contributed by atoms with van der Waals surface area (Å²) in [5.74, 6) is -6.46. The van der Waals surface area contributed by atoms with E-state index in [2.05, 4.69) is 27.4 Å². The van der Waals surface area contributed by atoms with E-state index in [4.69, 9.17) is 9.47 Å². The summed E-state index contributed by atoms with van der Waals surface area (Å²) in [5.41, 5.74) is -6.63. The number of unbranched alkanes of at least 4 members (excludes halogenated alkanes) is 1. The van der Waals surface area contributed by atoms with E-state index in [0.717, 1.165) is 12.2 Å². The standard InChI is InChI=1S/C32H36F8O8/c1-3-25(41)45-18-8-6-5-7-17-44-22-13-11-21(12-14-22)32(39,40)48-24-16-15-23(27(30(33,34)35)28(24)31(36,37)38)29(43)47-20-10-9-19-46-26(42)4-2/h3-6,15-16,21-22H,1-2,7-14,17-20H2. The Balaban J connectivity index is 2.05. The molecule has 1 aliphatic rings. The van der Waals surface area contributed by atoms with Crippen LogP contribution in [0.5, 0.6) is 5.75 Å². The highest BCUT2D eigenvalue weighted by Crippen LogP contribution is 2.49. The van der Waals surface area contributed by atoms with E-state index in [0.29, 0.717) is 18.9 Å². The predicted molar refractivity (Wildman–Crippen MR) is 154 cm³/mol. The number of alkyl halides is 8. The lowest BCUT2D eigenvalue weighted by molar-refractivity contribution is -0.229. The summed E-state index contributed by atoms with van der Waals surface area (Å²) in [7, 11) is 0. The number of carbonyl (C=O) groups excluding carboxylic acids is 3. The minimum absolute atomic E-state index is 0.0159. The Morgan fingerprint density at radius 2 is 1.23 bits per heavy atom. The molecule has 2 rings (SSSR count). The van der Waals surface area contributed by atoms with Crippen molar-refractivity contribution in [3.05, 3.63) is 66.3 Å². The van der Waals surface area contributed by atoms with Gasteiger partial charge in [0.2, 0.25) is 0 Å². The van der Waals surface area contributed by atoms with Gasteiger partial charge in [-0.25, -0.2) is 14.4 Å². The Hall–Kier alpha value is -3.95. The molecular formula is C32H36F8O8. The Bertz CT molecular complexity index is 1280. The van der Waals surface area contributed by atoms with Crippen molar-refractivity contribution in [3.8, 4) is 5.75 Å². The molecule has 0 atom stereocenters. The molecule has 1 aromatic carbocycles. The molecule has 0 spiro atoms. The normalized spacial score (nSPS) is 17.1. The minimum atomic E-state index is -5.85. The molecule has 0 aromatic heterocycles. The van der Waals surface area contributed by atoms with E-state index in [1.54, 1.807) is 12.2 Å². The molecule has 0 N–H and O–H groups in total. The minimum Gasteiger partial charge on any atom is -0.463 e. The molecule has 8 nitrogen and oxygen atoms in total. The van der Waals surface area contributed by atoms with Gasteiger partial charge in [0.1, 0.15) is 11.3 Å². The molecule has 1 saturated carbocycles. The maximum atomic E-state index is 15.2. The zero-order valence-corrected chi connectivity index (χ0v) is 25.8. The smallest absolute Gasteiger partial charge is 0.420 e. The highest BCUT2D eigenvalue weighted by atomic mass is 19.4. The summed E-state index contributed by atoms with van der Waals surface area (Å²) in [5, 5.41) is 0. The van der Waals surface area contributed by atoms with Gasteiger partial charge in [0.15, 0.2) is 0 Å². The van der Waals surface area contributed by atoms with Crippen molar-refractivity contribution in [2.75, 3.05) is 26.4 Å². The Labute approximate surface area is 271 Å². The van der Waals surface area contributed by atoms with Crippen LogP contribution < -0.4 is 4.74 Å². The quantitative estimate of drug-likeness (QED) is 0.0380. The summed E-state index contributed by atoms with van der Waals surface area (Å²) in [6, 6.07) is 0.535. The first kappa shape index (κ1) is 40.2. The van der Waals surface area contributed by atoms with Gasteiger partial charge in [0, 0.05) is 12.2 Å². The molecule has 0 radical (unpaired) electrons. The van der Waals surface area contributed by atoms with Crippen LogP contribution in [0.1, 0.15) is 72.9 Å². The molecule has 0 amide bonds. The molecule has 1 aromatic rings. The van der Waals surface area contributed by atoms with E-state index >= 15 is 8.78 Å². The van der Waals surface area contributed by atoms with E-state index in [-0.39, 0.29) is 64.4 Å². The third-order valence-electron chi connectivity index (χ3n) is 7.03. The van der Waals surface area contributed by atoms with E-state index in [1.807, 2.05) is 0 Å². The average molecular weight is 701 g/mol. The molecule has 0 bridgehead atoms. The summed E-state index contributed by atoms with van der Waals surface area (Å²) in [4.78, 5) is 34.4. The number of hydrogen-bond acceptors (Lipinski definition) is 8. The van der Waals surface area contributed by atoms with Gasteiger partial charge in [-0.2, -0.15) is 35.1 Å². The number of carbonyl (C=O) groups is 3. The first-order chi connectivity index (χ1) is 22.5. The lowest BCUT2D eigenvalue weighted by Gasteiger charge is -2.34. The van der Waals surface area contributed by atoms with Gasteiger partial charge in [0.05, 0.1) is 49.6 Å². The average Bonchev–Trinajstić information content (AvgIpc) is 3.02. The maximum absolute atomic E-state index is 15.2. The van der Waals surface area contributed by atoms with Crippen molar-refractivity contribution in [1.82, 2.24) is 0 Å². The number of rotatable bonds is 18. The van der Waals surface area contributed by atoms with Gasteiger partial charge in [-0.15, -0.1) is 0 Å². The van der Waals surface area contributed by atoms with E-state index < -0.39 is 77.4 Å². The van der Waals surface area contributed by atoms with Crippen molar-refractivity contribution in [3.63, 3.8) is 0 Å². The Kier molecular flexibility index (Phi) is 15.5. The Morgan fingerprint density at radius 3 is 1.77 bits per heavy atom. The van der Waals surface area contributed by atoms with Gasteiger partial charge < -0.3 is 23.7 Å².